The van der Waals surface area contributed by atoms with Crippen LogP contribution in [0.1, 0.15) is 0 Å². The van der Waals surface area contributed by atoms with Crippen molar-refractivity contribution in [1.29, 1.82) is 0 Å². The summed E-state index contributed by atoms with van der Waals surface area (Å²) in [4.78, 5) is 0. The van der Waals surface area contributed by atoms with Gasteiger partial charge in [-0.25, -0.2) is 0 Å². The highest BCUT2D eigenvalue weighted by Gasteiger charge is 2.94. The molecule has 0 aromatic rings. The van der Waals surface area contributed by atoms with Crippen LogP contribution in [0, 0.1) is 0 Å². The number of rotatable bonds is 0. The average Bonchev–Trinajstić information content (AvgIpc) is 2.30. The maximum absolute atomic E-state index is 11.9. The van der Waals surface area contributed by atoms with E-state index in [4.69, 9.17) is 0 Å². The number of hydrogen-bond acceptors (Lipinski definition) is 1. The van der Waals surface area contributed by atoms with Gasteiger partial charge >= 0.3 is 18.0 Å². The Morgan fingerprint density at radius 3 is 1.08 bits per heavy atom. The van der Waals surface area contributed by atoms with Gasteiger partial charge in [-0.3, -0.25) is 0 Å². The molecule has 0 unspecified atom stereocenters. The number of halogens is 8. The van der Waals surface area contributed by atoms with Crippen LogP contribution in [0.5, 0.6) is 0 Å². The van der Waals surface area contributed by atoms with Crippen molar-refractivity contribution in [3.05, 3.63) is 0 Å². The van der Waals surface area contributed by atoms with Crippen molar-refractivity contribution in [1.82, 2.24) is 0 Å². The average molecular weight is 249 g/mol. The van der Waals surface area contributed by atoms with Crippen LogP contribution >= 0.6 is 23.2 Å². The quantitative estimate of drug-likeness (QED) is 0.365. The van der Waals surface area contributed by atoms with Crippen molar-refractivity contribution in [2.75, 3.05) is 0 Å². The fourth-order valence-electron chi connectivity index (χ4n) is 0.773. The largest absolute Gasteiger partial charge is 0.432 e. The Morgan fingerprint density at radius 1 is 0.846 bits per heavy atom. The molecule has 1 fully saturated rings. The van der Waals surface area contributed by atoms with E-state index in [9.17, 15) is 26.3 Å². The molecular weight excluding hydrogens is 249 g/mol. The summed E-state index contributed by atoms with van der Waals surface area (Å²) < 4.78 is 71.3. The molecule has 1 rings (SSSR count). The van der Waals surface area contributed by atoms with Crippen molar-refractivity contribution < 1.29 is 31.1 Å². The van der Waals surface area contributed by atoms with Gasteiger partial charge in [-0.2, -0.15) is 26.3 Å². The van der Waals surface area contributed by atoms with Crippen LogP contribution in [0.3, 0.4) is 0 Å². The molecule has 0 saturated carbocycles. The van der Waals surface area contributed by atoms with Gasteiger partial charge in [0.2, 0.25) is 0 Å². The maximum Gasteiger partial charge on any atom is 0.432 e. The molecule has 0 aromatic carbocycles. The number of epoxide rings is 1. The van der Waals surface area contributed by atoms with Crippen LogP contribution in [0.2, 0.25) is 0 Å². The van der Waals surface area contributed by atoms with Gasteiger partial charge in [0.15, 0.2) is 0 Å². The number of alkyl halides is 8. The normalized spacial score (nSPS) is 25.8. The first-order valence-electron chi connectivity index (χ1n) is 2.67. The van der Waals surface area contributed by atoms with Crippen LogP contribution in [0.25, 0.3) is 0 Å². The van der Waals surface area contributed by atoms with Crippen LogP contribution in [-0.2, 0) is 4.74 Å². The van der Waals surface area contributed by atoms with E-state index in [1.165, 1.54) is 0 Å². The molecule has 13 heavy (non-hydrogen) atoms. The molecule has 1 aliphatic rings. The minimum absolute atomic E-state index is 3.27. The lowest BCUT2D eigenvalue weighted by Crippen LogP contribution is -2.49. The van der Waals surface area contributed by atoms with Gasteiger partial charge in [0.1, 0.15) is 0 Å². The molecule has 0 spiro atoms. The molecule has 0 aromatic heterocycles. The first kappa shape index (κ1) is 11.2. The molecule has 9 heteroatoms. The predicted molar refractivity (Wildman–Crippen MR) is 30.4 cm³/mol. The molecule has 0 aliphatic carbocycles. The SMILES string of the molecule is FC(F)(F)C1(C(F)(F)F)OC1(Cl)Cl. The lowest BCUT2D eigenvalue weighted by atomic mass is 10.1. The summed E-state index contributed by atoms with van der Waals surface area (Å²) in [5.74, 6) is 0. The molecule has 0 bridgehead atoms. The predicted octanol–water partition coefficient (Wildman–Crippen LogP) is 3.01. The van der Waals surface area contributed by atoms with E-state index in [1.54, 1.807) is 0 Å². The highest BCUT2D eigenvalue weighted by atomic mass is 35.5. The third kappa shape index (κ3) is 1.28. The zero-order chi connectivity index (χ0) is 10.7. The zero-order valence-electron chi connectivity index (χ0n) is 5.43. The van der Waals surface area contributed by atoms with E-state index >= 15 is 0 Å². The van der Waals surface area contributed by atoms with Crippen molar-refractivity contribution in [3.8, 4) is 0 Å². The Morgan fingerprint density at radius 2 is 1.08 bits per heavy atom. The van der Waals surface area contributed by atoms with Gasteiger partial charge in [-0.1, -0.05) is 23.2 Å². The minimum atomic E-state index is -5.69. The molecular formula is C4Cl2F6O. The van der Waals surface area contributed by atoms with Crippen molar-refractivity contribution in [2.45, 2.75) is 22.5 Å². The Labute approximate surface area is 77.5 Å². The summed E-state index contributed by atoms with van der Waals surface area (Å²) in [5, 5.41) is 0. The van der Waals surface area contributed by atoms with Gasteiger partial charge in [-0.05, 0) is 0 Å². The molecule has 1 aliphatic heterocycles. The van der Waals surface area contributed by atoms with Gasteiger partial charge in [0, 0.05) is 0 Å². The fraction of sp³-hybridized carbons (Fsp3) is 1.00. The summed E-state index contributed by atoms with van der Waals surface area (Å²) in [6.45, 7) is 0. The van der Waals surface area contributed by atoms with Crippen LogP contribution < -0.4 is 0 Å². The van der Waals surface area contributed by atoms with E-state index in [0.717, 1.165) is 0 Å². The monoisotopic (exact) mass is 248 g/mol. The molecule has 0 N–H and O–H groups in total. The first-order chi connectivity index (χ1) is 5.46. The molecule has 0 atom stereocenters. The lowest BCUT2D eigenvalue weighted by Gasteiger charge is -2.19. The summed E-state index contributed by atoms with van der Waals surface area (Å²) in [5.41, 5.74) is -4.45. The van der Waals surface area contributed by atoms with E-state index in [0.29, 0.717) is 0 Å². The molecule has 0 amide bonds. The Balaban J connectivity index is 3.10. The second-order valence-electron chi connectivity index (χ2n) is 2.30. The topological polar surface area (TPSA) is 12.5 Å². The Bertz CT molecular complexity index is 216. The zero-order valence-corrected chi connectivity index (χ0v) is 6.94. The van der Waals surface area contributed by atoms with E-state index in [-0.39, 0.29) is 0 Å². The third-order valence-corrected chi connectivity index (χ3v) is 2.13. The summed E-state index contributed by atoms with van der Waals surface area (Å²) in [6, 6.07) is 0. The Hall–Kier alpha value is 0.120. The second-order valence-corrected chi connectivity index (χ2v) is 3.55. The van der Waals surface area contributed by atoms with Crippen LogP contribution in [0.4, 0.5) is 26.3 Å². The second kappa shape index (κ2) is 2.38. The number of hydrogen-bond donors (Lipinski definition) is 0. The van der Waals surface area contributed by atoms with E-state index in [2.05, 4.69) is 27.9 Å². The molecule has 1 saturated heterocycles. The van der Waals surface area contributed by atoms with Crippen molar-refractivity contribution in [3.63, 3.8) is 0 Å². The van der Waals surface area contributed by atoms with Crippen LogP contribution in [-0.4, -0.2) is 22.5 Å². The lowest BCUT2D eigenvalue weighted by molar-refractivity contribution is -0.292. The first-order valence-corrected chi connectivity index (χ1v) is 3.43. The van der Waals surface area contributed by atoms with Gasteiger partial charge in [-0.15, -0.1) is 0 Å². The fourth-order valence-corrected chi connectivity index (χ4v) is 1.43. The standard InChI is InChI=1S/C4Cl2F6O/c5-2(6)1(13-2,3(7,8)9)4(10,11)12. The number of ether oxygens (including phenoxy) is 1. The highest BCUT2D eigenvalue weighted by Crippen LogP contribution is 2.68. The third-order valence-electron chi connectivity index (χ3n) is 1.45. The smallest absolute Gasteiger partial charge is 0.314 e. The minimum Gasteiger partial charge on any atom is -0.314 e. The van der Waals surface area contributed by atoms with Crippen LogP contribution in [0.15, 0.2) is 0 Å². The van der Waals surface area contributed by atoms with E-state index < -0.39 is 22.5 Å². The summed E-state index contributed by atoms with van der Waals surface area (Å²) in [6.07, 6.45) is -11.4. The molecule has 78 valence electrons. The highest BCUT2D eigenvalue weighted by molar-refractivity contribution is 6.50. The van der Waals surface area contributed by atoms with Gasteiger partial charge in [0.05, 0.1) is 0 Å². The molecule has 1 heterocycles. The summed E-state index contributed by atoms with van der Waals surface area (Å²) in [7, 11) is 0. The Kier molecular flexibility index (Phi) is 2.05. The van der Waals surface area contributed by atoms with Gasteiger partial charge in [0.25, 0.3) is 4.52 Å². The molecule has 1 nitrogen and oxygen atoms in total. The summed E-state index contributed by atoms with van der Waals surface area (Å²) >= 11 is 9.27. The molecule has 0 radical (unpaired) electrons. The van der Waals surface area contributed by atoms with E-state index in [1.807, 2.05) is 0 Å². The van der Waals surface area contributed by atoms with Crippen molar-refractivity contribution >= 4 is 23.2 Å². The maximum atomic E-state index is 11.9. The van der Waals surface area contributed by atoms with Gasteiger partial charge < -0.3 is 4.74 Å². The van der Waals surface area contributed by atoms with Crippen molar-refractivity contribution in [2.24, 2.45) is 0 Å².